The molecule has 0 unspecified atom stereocenters. The number of ether oxygens (including phenoxy) is 2. The van der Waals surface area contributed by atoms with Gasteiger partial charge in [0.25, 0.3) is 0 Å². The molecule has 0 saturated carbocycles. The van der Waals surface area contributed by atoms with Crippen LogP contribution in [0.25, 0.3) is 0 Å². The van der Waals surface area contributed by atoms with Gasteiger partial charge >= 0.3 is 0 Å². The van der Waals surface area contributed by atoms with Crippen molar-refractivity contribution in [2.45, 2.75) is 71.1 Å². The lowest BCUT2D eigenvalue weighted by atomic mass is 10.1. The number of methoxy groups -OCH3 is 2. The van der Waals surface area contributed by atoms with E-state index in [0.29, 0.717) is 12.0 Å². The maximum absolute atomic E-state index is 11.8. The predicted octanol–water partition coefficient (Wildman–Crippen LogP) is 4.78. The van der Waals surface area contributed by atoms with Crippen LogP contribution in [-0.2, 0) is 4.79 Å². The molecular weight excluding hydrogens is 344 g/mol. The molecule has 0 atom stereocenters. The summed E-state index contributed by atoms with van der Waals surface area (Å²) in [5.74, 6) is 0.423. The van der Waals surface area contributed by atoms with Crippen molar-refractivity contribution in [2.24, 2.45) is 5.10 Å². The van der Waals surface area contributed by atoms with E-state index in [4.69, 9.17) is 9.47 Å². The molecule has 152 valence electrons. The van der Waals surface area contributed by atoms with Crippen LogP contribution in [0.15, 0.2) is 17.2 Å². The smallest absolute Gasteiger partial charge is 0.240 e. The van der Waals surface area contributed by atoms with Crippen LogP contribution in [0, 0.1) is 0 Å². The summed E-state index contributed by atoms with van der Waals surface area (Å²) in [6, 6.07) is 3.24. The standard InChI is InChI=1S/C21H34N2O4/c1-4-5-6-7-8-9-10-11-12-13-20(24)23-22-16-17-14-18(26-2)21(25)19(15-17)27-3/h14-16,25H,4-13H2,1-3H3,(H,23,24)/b22-16-. The number of aromatic hydroxyl groups is 1. The number of nitrogens with one attached hydrogen (secondary N) is 1. The lowest BCUT2D eigenvalue weighted by molar-refractivity contribution is -0.121. The maximum atomic E-state index is 11.8. The molecule has 0 aromatic heterocycles. The molecule has 2 N–H and O–H groups in total. The Morgan fingerprint density at radius 3 is 2.04 bits per heavy atom. The molecule has 0 fully saturated rings. The number of hydrogen-bond donors (Lipinski definition) is 2. The van der Waals surface area contributed by atoms with Crippen molar-refractivity contribution in [3.05, 3.63) is 17.7 Å². The summed E-state index contributed by atoms with van der Waals surface area (Å²) in [6.07, 6.45) is 13.0. The molecule has 0 aliphatic heterocycles. The second-order valence-electron chi connectivity index (χ2n) is 6.65. The van der Waals surface area contributed by atoms with E-state index in [0.717, 1.165) is 12.8 Å². The molecule has 0 saturated heterocycles. The Balaban J connectivity index is 2.24. The second kappa shape index (κ2) is 13.9. The Bertz CT molecular complexity index is 563. The Labute approximate surface area is 163 Å². The highest BCUT2D eigenvalue weighted by Crippen LogP contribution is 2.36. The van der Waals surface area contributed by atoms with E-state index in [-0.39, 0.29) is 23.2 Å². The van der Waals surface area contributed by atoms with Gasteiger partial charge in [-0.15, -0.1) is 0 Å². The van der Waals surface area contributed by atoms with Gasteiger partial charge in [0.15, 0.2) is 11.5 Å². The number of carbonyl (C=O) groups is 1. The zero-order valence-corrected chi connectivity index (χ0v) is 16.9. The van der Waals surface area contributed by atoms with E-state index in [2.05, 4.69) is 17.5 Å². The lowest BCUT2D eigenvalue weighted by Crippen LogP contribution is -2.16. The number of hydrogen-bond acceptors (Lipinski definition) is 5. The predicted molar refractivity (Wildman–Crippen MR) is 109 cm³/mol. The summed E-state index contributed by atoms with van der Waals surface area (Å²) in [7, 11) is 2.92. The number of hydrazone groups is 1. The number of carbonyl (C=O) groups excluding carboxylic acids is 1. The highest BCUT2D eigenvalue weighted by atomic mass is 16.5. The van der Waals surface area contributed by atoms with Crippen LogP contribution in [0.5, 0.6) is 17.2 Å². The van der Waals surface area contributed by atoms with E-state index in [1.807, 2.05) is 0 Å². The zero-order valence-electron chi connectivity index (χ0n) is 16.9. The third-order valence-electron chi connectivity index (χ3n) is 4.41. The van der Waals surface area contributed by atoms with Gasteiger partial charge in [0.2, 0.25) is 11.7 Å². The summed E-state index contributed by atoms with van der Waals surface area (Å²) in [6.45, 7) is 2.23. The highest BCUT2D eigenvalue weighted by molar-refractivity contribution is 5.84. The molecule has 0 bridgehead atoms. The molecule has 6 heteroatoms. The van der Waals surface area contributed by atoms with E-state index in [1.165, 1.54) is 65.4 Å². The number of amides is 1. The molecule has 1 aromatic rings. The average Bonchev–Trinajstić information content (AvgIpc) is 2.67. The minimum absolute atomic E-state index is 0.0634. The van der Waals surface area contributed by atoms with Gasteiger partial charge in [0.1, 0.15) is 0 Å². The highest BCUT2D eigenvalue weighted by Gasteiger charge is 2.10. The Morgan fingerprint density at radius 2 is 1.52 bits per heavy atom. The van der Waals surface area contributed by atoms with E-state index in [1.54, 1.807) is 12.1 Å². The third kappa shape index (κ3) is 9.31. The summed E-state index contributed by atoms with van der Waals surface area (Å²) in [4.78, 5) is 11.8. The van der Waals surface area contributed by atoms with Crippen LogP contribution in [0.3, 0.4) is 0 Å². The quantitative estimate of drug-likeness (QED) is 0.277. The van der Waals surface area contributed by atoms with Crippen LogP contribution >= 0.6 is 0 Å². The van der Waals surface area contributed by atoms with Gasteiger partial charge in [0, 0.05) is 12.0 Å². The van der Waals surface area contributed by atoms with Crippen LogP contribution in [0.1, 0.15) is 76.7 Å². The number of phenols is 1. The third-order valence-corrected chi connectivity index (χ3v) is 4.41. The monoisotopic (exact) mass is 378 g/mol. The SMILES string of the molecule is CCCCCCCCCCCC(=O)N/N=C\c1cc(OC)c(O)c(OC)c1. The first kappa shape index (κ1) is 22.8. The van der Waals surface area contributed by atoms with Gasteiger partial charge in [-0.25, -0.2) is 5.43 Å². The van der Waals surface area contributed by atoms with Gasteiger partial charge in [-0.1, -0.05) is 58.3 Å². The molecule has 0 aliphatic carbocycles. The van der Waals surface area contributed by atoms with Gasteiger partial charge in [-0.3, -0.25) is 4.79 Å². The maximum Gasteiger partial charge on any atom is 0.240 e. The number of phenolic OH excluding ortho intramolecular Hbond substituents is 1. The minimum Gasteiger partial charge on any atom is -0.502 e. The molecule has 1 amide bonds. The summed E-state index contributed by atoms with van der Waals surface area (Å²) in [5.41, 5.74) is 3.19. The van der Waals surface area contributed by atoms with Crippen LogP contribution in [0.2, 0.25) is 0 Å². The van der Waals surface area contributed by atoms with Crippen molar-refractivity contribution in [1.29, 1.82) is 0 Å². The van der Waals surface area contributed by atoms with Gasteiger partial charge in [0.05, 0.1) is 20.4 Å². The van der Waals surface area contributed by atoms with Gasteiger partial charge in [-0.2, -0.15) is 5.10 Å². The fraction of sp³-hybridized carbons (Fsp3) is 0.619. The van der Waals surface area contributed by atoms with Crippen LogP contribution in [-0.4, -0.2) is 31.4 Å². The fourth-order valence-electron chi connectivity index (χ4n) is 2.82. The second-order valence-corrected chi connectivity index (χ2v) is 6.65. The van der Waals surface area contributed by atoms with Crippen molar-refractivity contribution in [3.8, 4) is 17.2 Å². The molecule has 0 radical (unpaired) electrons. The van der Waals surface area contributed by atoms with E-state index >= 15 is 0 Å². The Morgan fingerprint density at radius 1 is 1.00 bits per heavy atom. The summed E-state index contributed by atoms with van der Waals surface area (Å²) < 4.78 is 10.2. The Kier molecular flexibility index (Phi) is 11.7. The first-order chi connectivity index (χ1) is 13.1. The van der Waals surface area contributed by atoms with E-state index < -0.39 is 0 Å². The molecule has 1 rings (SSSR count). The molecule has 6 nitrogen and oxygen atoms in total. The number of rotatable bonds is 14. The topological polar surface area (TPSA) is 80.2 Å². The summed E-state index contributed by atoms with van der Waals surface area (Å²) in [5, 5.41) is 13.8. The molecule has 1 aromatic carbocycles. The number of nitrogens with zero attached hydrogens (tertiary/aromatic N) is 1. The van der Waals surface area contributed by atoms with Gasteiger partial charge in [-0.05, 0) is 18.6 Å². The van der Waals surface area contributed by atoms with Crippen molar-refractivity contribution in [1.82, 2.24) is 5.43 Å². The lowest BCUT2D eigenvalue weighted by Gasteiger charge is -2.09. The normalized spacial score (nSPS) is 10.9. The largest absolute Gasteiger partial charge is 0.502 e. The zero-order chi connectivity index (χ0) is 19.9. The fourth-order valence-corrected chi connectivity index (χ4v) is 2.82. The molecule has 0 spiro atoms. The van der Waals surface area contributed by atoms with Crippen molar-refractivity contribution >= 4 is 12.1 Å². The molecule has 0 aliphatic rings. The van der Waals surface area contributed by atoms with Crippen molar-refractivity contribution in [3.63, 3.8) is 0 Å². The Hall–Kier alpha value is -2.24. The van der Waals surface area contributed by atoms with Crippen molar-refractivity contribution in [2.75, 3.05) is 14.2 Å². The number of unbranched alkanes of at least 4 members (excludes halogenated alkanes) is 8. The molecule has 0 heterocycles. The van der Waals surface area contributed by atoms with E-state index in [9.17, 15) is 9.90 Å². The van der Waals surface area contributed by atoms with Crippen LogP contribution in [0.4, 0.5) is 0 Å². The molecular formula is C21H34N2O4. The van der Waals surface area contributed by atoms with Crippen molar-refractivity contribution < 1.29 is 19.4 Å². The first-order valence-electron chi connectivity index (χ1n) is 9.89. The minimum atomic E-state index is -0.0908. The van der Waals surface area contributed by atoms with Crippen LogP contribution < -0.4 is 14.9 Å². The number of benzene rings is 1. The molecule has 27 heavy (non-hydrogen) atoms. The first-order valence-corrected chi connectivity index (χ1v) is 9.89. The van der Waals surface area contributed by atoms with Gasteiger partial charge < -0.3 is 14.6 Å². The average molecular weight is 379 g/mol. The summed E-state index contributed by atoms with van der Waals surface area (Å²) >= 11 is 0.